The average Bonchev–Trinajstić information content (AvgIpc) is 2.86. The Morgan fingerprint density at radius 1 is 1.45 bits per heavy atom. The highest BCUT2D eigenvalue weighted by molar-refractivity contribution is 5.88. The van der Waals surface area contributed by atoms with Gasteiger partial charge in [0.15, 0.2) is 0 Å². The zero-order valence-corrected chi connectivity index (χ0v) is 11.3. The molecule has 20 heavy (non-hydrogen) atoms. The molecular weight excluding hydrogens is 254 g/mol. The van der Waals surface area contributed by atoms with E-state index >= 15 is 0 Å². The fourth-order valence-corrected chi connectivity index (χ4v) is 2.49. The van der Waals surface area contributed by atoms with Crippen LogP contribution in [0.3, 0.4) is 0 Å². The number of H-pyrrole nitrogens is 1. The summed E-state index contributed by atoms with van der Waals surface area (Å²) in [6.07, 6.45) is 4.50. The van der Waals surface area contributed by atoms with Gasteiger partial charge in [-0.05, 0) is 43.9 Å². The standard InChI is InChI=1S/C14H17N5O/c1-9-3-2-4-13(16-9)18-14(20)17-11-5-6-12-10(7-11)8-15-19-12/h2-4,8,11H,5-7H2,1H3,(H,15,19)(H2,16,17,18,20)/t11-/m0/s1. The summed E-state index contributed by atoms with van der Waals surface area (Å²) in [5.41, 5.74) is 3.25. The van der Waals surface area contributed by atoms with Gasteiger partial charge in [0, 0.05) is 17.4 Å². The number of hydrogen-bond donors (Lipinski definition) is 3. The molecule has 1 atom stereocenters. The number of pyridine rings is 1. The fraction of sp³-hybridized carbons (Fsp3) is 0.357. The molecule has 1 aliphatic rings. The minimum Gasteiger partial charge on any atom is -0.335 e. The van der Waals surface area contributed by atoms with Gasteiger partial charge in [0.05, 0.1) is 6.20 Å². The summed E-state index contributed by atoms with van der Waals surface area (Å²) in [5, 5.41) is 12.8. The summed E-state index contributed by atoms with van der Waals surface area (Å²) >= 11 is 0. The van der Waals surface area contributed by atoms with Crippen molar-refractivity contribution in [1.82, 2.24) is 20.5 Å². The molecule has 6 heteroatoms. The van der Waals surface area contributed by atoms with Gasteiger partial charge < -0.3 is 5.32 Å². The first-order valence-corrected chi connectivity index (χ1v) is 6.73. The van der Waals surface area contributed by atoms with Crippen molar-refractivity contribution < 1.29 is 4.79 Å². The van der Waals surface area contributed by atoms with E-state index in [-0.39, 0.29) is 12.1 Å². The van der Waals surface area contributed by atoms with Gasteiger partial charge in [-0.2, -0.15) is 5.10 Å². The molecule has 3 rings (SSSR count). The Hall–Kier alpha value is -2.37. The summed E-state index contributed by atoms with van der Waals surface area (Å²) in [6, 6.07) is 5.48. The van der Waals surface area contributed by atoms with Crippen molar-refractivity contribution in [2.24, 2.45) is 0 Å². The Kier molecular flexibility index (Phi) is 3.37. The summed E-state index contributed by atoms with van der Waals surface area (Å²) < 4.78 is 0. The van der Waals surface area contributed by atoms with E-state index in [1.165, 1.54) is 11.3 Å². The molecule has 3 N–H and O–H groups in total. The van der Waals surface area contributed by atoms with Gasteiger partial charge in [0.2, 0.25) is 0 Å². The van der Waals surface area contributed by atoms with Gasteiger partial charge in [0.25, 0.3) is 0 Å². The van der Waals surface area contributed by atoms with Gasteiger partial charge in [-0.1, -0.05) is 6.07 Å². The summed E-state index contributed by atoms with van der Waals surface area (Å²) in [7, 11) is 0. The molecule has 1 aliphatic carbocycles. The molecule has 2 heterocycles. The van der Waals surface area contributed by atoms with Crippen LogP contribution in [-0.4, -0.2) is 27.3 Å². The Bertz CT molecular complexity index is 622. The topological polar surface area (TPSA) is 82.7 Å². The van der Waals surface area contributed by atoms with Crippen LogP contribution in [0, 0.1) is 6.92 Å². The van der Waals surface area contributed by atoms with Gasteiger partial charge in [-0.3, -0.25) is 10.4 Å². The molecule has 2 aromatic heterocycles. The fourth-order valence-electron chi connectivity index (χ4n) is 2.49. The molecule has 6 nitrogen and oxygen atoms in total. The SMILES string of the molecule is Cc1cccc(NC(=O)N[C@H]2CCc3[nH]ncc3C2)n1. The van der Waals surface area contributed by atoms with Crippen LogP contribution in [0.25, 0.3) is 0 Å². The molecule has 0 bridgehead atoms. The number of amides is 2. The number of nitrogens with one attached hydrogen (secondary N) is 3. The lowest BCUT2D eigenvalue weighted by Crippen LogP contribution is -2.41. The predicted octanol–water partition coefficient (Wildman–Crippen LogP) is 1.79. The van der Waals surface area contributed by atoms with Crippen LogP contribution < -0.4 is 10.6 Å². The Morgan fingerprint density at radius 3 is 3.20 bits per heavy atom. The molecule has 0 aromatic carbocycles. The molecule has 0 saturated carbocycles. The number of anilines is 1. The maximum absolute atomic E-state index is 12.0. The number of hydrogen-bond acceptors (Lipinski definition) is 3. The molecule has 0 saturated heterocycles. The third kappa shape index (κ3) is 2.79. The zero-order chi connectivity index (χ0) is 13.9. The largest absolute Gasteiger partial charge is 0.335 e. The van der Waals surface area contributed by atoms with E-state index < -0.39 is 0 Å². The van der Waals surface area contributed by atoms with Gasteiger partial charge >= 0.3 is 6.03 Å². The van der Waals surface area contributed by atoms with E-state index in [9.17, 15) is 4.79 Å². The quantitative estimate of drug-likeness (QED) is 0.778. The number of carbonyl (C=O) groups excluding carboxylic acids is 1. The van der Waals surface area contributed by atoms with E-state index in [1.54, 1.807) is 6.07 Å². The second kappa shape index (κ2) is 5.32. The van der Waals surface area contributed by atoms with Crippen molar-refractivity contribution in [3.05, 3.63) is 41.3 Å². The van der Waals surface area contributed by atoms with Gasteiger partial charge in [-0.25, -0.2) is 9.78 Å². The van der Waals surface area contributed by atoms with Crippen molar-refractivity contribution >= 4 is 11.8 Å². The lowest BCUT2D eigenvalue weighted by Gasteiger charge is -2.22. The maximum atomic E-state index is 12.0. The lowest BCUT2D eigenvalue weighted by molar-refractivity contribution is 0.247. The normalized spacial score (nSPS) is 17.4. The Labute approximate surface area is 117 Å². The second-order valence-electron chi connectivity index (χ2n) is 5.08. The number of fused-ring (bicyclic) bond motifs is 1. The monoisotopic (exact) mass is 271 g/mol. The first-order valence-electron chi connectivity index (χ1n) is 6.73. The van der Waals surface area contributed by atoms with Crippen LogP contribution in [-0.2, 0) is 12.8 Å². The van der Waals surface area contributed by atoms with E-state index in [0.717, 1.165) is 25.0 Å². The first-order chi connectivity index (χ1) is 9.70. The van der Waals surface area contributed by atoms with Crippen LogP contribution in [0.4, 0.5) is 10.6 Å². The summed E-state index contributed by atoms with van der Waals surface area (Å²) in [6.45, 7) is 1.89. The number of urea groups is 1. The van der Waals surface area contributed by atoms with Crippen molar-refractivity contribution in [3.8, 4) is 0 Å². The summed E-state index contributed by atoms with van der Waals surface area (Å²) in [4.78, 5) is 16.2. The van der Waals surface area contributed by atoms with Crippen LogP contribution in [0.2, 0.25) is 0 Å². The van der Waals surface area contributed by atoms with Gasteiger partial charge in [0.1, 0.15) is 5.82 Å². The highest BCUT2D eigenvalue weighted by Crippen LogP contribution is 2.18. The number of aryl methyl sites for hydroxylation is 2. The molecule has 0 fully saturated rings. The lowest BCUT2D eigenvalue weighted by atomic mass is 9.94. The zero-order valence-electron chi connectivity index (χ0n) is 11.3. The Balaban J connectivity index is 1.57. The average molecular weight is 271 g/mol. The number of carbonyl (C=O) groups is 1. The minimum atomic E-state index is -0.208. The van der Waals surface area contributed by atoms with Crippen molar-refractivity contribution in [1.29, 1.82) is 0 Å². The Morgan fingerprint density at radius 2 is 2.35 bits per heavy atom. The predicted molar refractivity (Wildman–Crippen MR) is 75.5 cm³/mol. The molecule has 104 valence electrons. The number of nitrogens with zero attached hydrogens (tertiary/aromatic N) is 2. The minimum absolute atomic E-state index is 0.143. The van der Waals surface area contributed by atoms with Crippen molar-refractivity contribution in [2.45, 2.75) is 32.2 Å². The molecule has 0 unspecified atom stereocenters. The van der Waals surface area contributed by atoms with Crippen molar-refractivity contribution in [3.63, 3.8) is 0 Å². The highest BCUT2D eigenvalue weighted by atomic mass is 16.2. The number of aromatic amines is 1. The third-order valence-corrected chi connectivity index (χ3v) is 3.48. The van der Waals surface area contributed by atoms with E-state index in [2.05, 4.69) is 25.8 Å². The third-order valence-electron chi connectivity index (χ3n) is 3.48. The number of aromatic nitrogens is 3. The first kappa shape index (κ1) is 12.7. The molecule has 2 amide bonds. The molecule has 0 radical (unpaired) electrons. The van der Waals surface area contributed by atoms with Gasteiger partial charge in [-0.15, -0.1) is 0 Å². The molecule has 2 aromatic rings. The molecular formula is C14H17N5O. The van der Waals surface area contributed by atoms with Crippen LogP contribution in [0.1, 0.15) is 23.4 Å². The summed E-state index contributed by atoms with van der Waals surface area (Å²) in [5.74, 6) is 0.572. The van der Waals surface area contributed by atoms with E-state index in [0.29, 0.717) is 5.82 Å². The van der Waals surface area contributed by atoms with Crippen LogP contribution in [0.5, 0.6) is 0 Å². The highest BCUT2D eigenvalue weighted by Gasteiger charge is 2.21. The van der Waals surface area contributed by atoms with E-state index in [4.69, 9.17) is 0 Å². The van der Waals surface area contributed by atoms with Crippen LogP contribution >= 0.6 is 0 Å². The second-order valence-corrected chi connectivity index (χ2v) is 5.08. The van der Waals surface area contributed by atoms with Crippen molar-refractivity contribution in [2.75, 3.05) is 5.32 Å². The smallest absolute Gasteiger partial charge is 0.320 e. The number of rotatable bonds is 2. The molecule has 0 spiro atoms. The van der Waals surface area contributed by atoms with E-state index in [1.807, 2.05) is 25.3 Å². The molecule has 0 aliphatic heterocycles. The maximum Gasteiger partial charge on any atom is 0.320 e. The van der Waals surface area contributed by atoms with Crippen LogP contribution in [0.15, 0.2) is 24.4 Å².